The molecule has 3 aromatic heterocycles. The molecule has 0 aliphatic carbocycles. The first-order valence-corrected chi connectivity index (χ1v) is 10.8. The van der Waals surface area contributed by atoms with Crippen LogP contribution in [-0.2, 0) is 7.05 Å². The number of benzene rings is 1. The number of aromatic nitrogens is 4. The number of aryl methyl sites for hydroxylation is 1. The van der Waals surface area contributed by atoms with Gasteiger partial charge in [0.15, 0.2) is 0 Å². The van der Waals surface area contributed by atoms with Crippen LogP contribution in [0, 0.1) is 0 Å². The number of hydrogen-bond donors (Lipinski definition) is 2. The van der Waals surface area contributed by atoms with E-state index in [1.165, 1.54) is 6.42 Å². The molecular weight excluding hydrogens is 402 g/mol. The monoisotopic (exact) mass is 427 g/mol. The third kappa shape index (κ3) is 3.99. The molecular formula is C24H25N7O. The van der Waals surface area contributed by atoms with E-state index in [2.05, 4.69) is 31.3 Å². The first kappa shape index (κ1) is 20.0. The van der Waals surface area contributed by atoms with Gasteiger partial charge in [-0.15, -0.1) is 0 Å². The van der Waals surface area contributed by atoms with Crippen LogP contribution in [-0.4, -0.2) is 38.7 Å². The van der Waals surface area contributed by atoms with Gasteiger partial charge in [-0.25, -0.2) is 9.97 Å². The van der Waals surface area contributed by atoms with Gasteiger partial charge in [0.25, 0.3) is 5.91 Å². The smallest absolute Gasteiger partial charge is 0.274 e. The van der Waals surface area contributed by atoms with E-state index in [0.717, 1.165) is 53.8 Å². The predicted octanol–water partition coefficient (Wildman–Crippen LogP) is 3.86. The van der Waals surface area contributed by atoms with Crippen LogP contribution >= 0.6 is 0 Å². The molecule has 0 unspecified atom stereocenters. The number of piperidine rings is 1. The van der Waals surface area contributed by atoms with E-state index in [0.29, 0.717) is 17.2 Å². The standard InChI is InChI=1S/C24H25N7O/c1-30-15-17-12-21(22(14-20(17)29-30)31-10-3-2-4-11-31)28-24(32)19-7-5-6-18(27-19)16-8-9-26-23(25)13-16/h5-9,12-15H,2-4,10-11H2,1H3,(H2,25,26)(H,28,32). The summed E-state index contributed by atoms with van der Waals surface area (Å²) in [5.41, 5.74) is 10.3. The lowest BCUT2D eigenvalue weighted by Gasteiger charge is -2.30. The molecule has 1 aromatic carbocycles. The van der Waals surface area contributed by atoms with Crippen molar-refractivity contribution in [2.75, 3.05) is 29.0 Å². The summed E-state index contributed by atoms with van der Waals surface area (Å²) in [6.45, 7) is 1.94. The lowest BCUT2D eigenvalue weighted by atomic mass is 10.1. The van der Waals surface area contributed by atoms with Gasteiger partial charge in [0.05, 0.1) is 22.6 Å². The normalized spacial score (nSPS) is 14.0. The fraction of sp³-hybridized carbons (Fsp3) is 0.250. The van der Waals surface area contributed by atoms with Gasteiger partial charge < -0.3 is 16.0 Å². The molecule has 8 heteroatoms. The van der Waals surface area contributed by atoms with E-state index >= 15 is 0 Å². The van der Waals surface area contributed by atoms with Gasteiger partial charge in [-0.1, -0.05) is 6.07 Å². The van der Waals surface area contributed by atoms with E-state index in [4.69, 9.17) is 5.73 Å². The highest BCUT2D eigenvalue weighted by Gasteiger charge is 2.19. The average Bonchev–Trinajstić information content (AvgIpc) is 3.18. The minimum absolute atomic E-state index is 0.254. The number of fused-ring (bicyclic) bond motifs is 1. The minimum Gasteiger partial charge on any atom is -0.384 e. The largest absolute Gasteiger partial charge is 0.384 e. The molecule has 1 amide bonds. The summed E-state index contributed by atoms with van der Waals surface area (Å²) < 4.78 is 1.79. The van der Waals surface area contributed by atoms with E-state index in [1.807, 2.05) is 37.5 Å². The van der Waals surface area contributed by atoms with Crippen LogP contribution in [0.2, 0.25) is 0 Å². The summed E-state index contributed by atoms with van der Waals surface area (Å²) in [5.74, 6) is 0.158. The molecule has 4 heterocycles. The van der Waals surface area contributed by atoms with E-state index in [1.54, 1.807) is 23.0 Å². The van der Waals surface area contributed by atoms with Crippen molar-refractivity contribution in [3.05, 3.63) is 60.6 Å². The molecule has 162 valence electrons. The van der Waals surface area contributed by atoms with Crippen LogP contribution in [0.5, 0.6) is 0 Å². The number of amides is 1. The zero-order valence-electron chi connectivity index (χ0n) is 18.0. The second kappa shape index (κ2) is 8.30. The first-order valence-electron chi connectivity index (χ1n) is 10.8. The molecule has 0 bridgehead atoms. The fourth-order valence-corrected chi connectivity index (χ4v) is 4.20. The topological polar surface area (TPSA) is 102 Å². The molecule has 0 spiro atoms. The Balaban J connectivity index is 1.48. The first-order chi connectivity index (χ1) is 15.6. The number of carbonyl (C=O) groups is 1. The van der Waals surface area contributed by atoms with Crippen LogP contribution in [0.3, 0.4) is 0 Å². The maximum Gasteiger partial charge on any atom is 0.274 e. The van der Waals surface area contributed by atoms with Gasteiger partial charge in [-0.3, -0.25) is 9.48 Å². The Morgan fingerprint density at radius 1 is 1.09 bits per heavy atom. The van der Waals surface area contributed by atoms with Crippen molar-refractivity contribution in [2.45, 2.75) is 19.3 Å². The van der Waals surface area contributed by atoms with Crippen LogP contribution in [0.15, 0.2) is 54.9 Å². The summed E-state index contributed by atoms with van der Waals surface area (Å²) in [6.07, 6.45) is 7.11. The van der Waals surface area contributed by atoms with Crippen molar-refractivity contribution in [1.82, 2.24) is 19.7 Å². The number of pyridine rings is 2. The molecule has 0 atom stereocenters. The molecule has 32 heavy (non-hydrogen) atoms. The van der Waals surface area contributed by atoms with Gasteiger partial charge in [0.1, 0.15) is 11.5 Å². The molecule has 3 N–H and O–H groups in total. The molecule has 4 aromatic rings. The number of hydrogen-bond acceptors (Lipinski definition) is 6. The summed E-state index contributed by atoms with van der Waals surface area (Å²) in [4.78, 5) is 24.1. The molecule has 0 saturated carbocycles. The van der Waals surface area contributed by atoms with Gasteiger partial charge in [-0.05, 0) is 55.7 Å². The Kier molecular flexibility index (Phi) is 5.18. The second-order valence-corrected chi connectivity index (χ2v) is 8.11. The zero-order valence-corrected chi connectivity index (χ0v) is 18.0. The minimum atomic E-state index is -0.254. The fourth-order valence-electron chi connectivity index (χ4n) is 4.20. The molecule has 1 aliphatic rings. The SMILES string of the molecule is Cn1cc2cc(NC(=O)c3cccc(-c4ccnc(N)c4)n3)c(N3CCCCC3)cc2n1. The Morgan fingerprint density at radius 3 is 2.75 bits per heavy atom. The number of anilines is 3. The Hall–Kier alpha value is -3.94. The summed E-state index contributed by atoms with van der Waals surface area (Å²) in [5, 5.41) is 8.63. The summed E-state index contributed by atoms with van der Waals surface area (Å²) in [6, 6.07) is 13.0. The average molecular weight is 428 g/mol. The van der Waals surface area contributed by atoms with E-state index in [9.17, 15) is 4.79 Å². The number of rotatable bonds is 4. The van der Waals surface area contributed by atoms with Crippen LogP contribution in [0.4, 0.5) is 17.2 Å². The number of nitrogen functional groups attached to an aromatic ring is 1. The lowest BCUT2D eigenvalue weighted by Crippen LogP contribution is -2.30. The number of nitrogens with one attached hydrogen (secondary N) is 1. The van der Waals surface area contributed by atoms with Gasteiger partial charge in [-0.2, -0.15) is 5.10 Å². The number of nitrogens with two attached hydrogens (primary N) is 1. The molecule has 1 aliphatic heterocycles. The number of nitrogens with zero attached hydrogens (tertiary/aromatic N) is 5. The lowest BCUT2D eigenvalue weighted by molar-refractivity contribution is 0.102. The summed E-state index contributed by atoms with van der Waals surface area (Å²) >= 11 is 0. The number of carbonyl (C=O) groups excluding carboxylic acids is 1. The van der Waals surface area contributed by atoms with Crippen LogP contribution in [0.1, 0.15) is 29.8 Å². The van der Waals surface area contributed by atoms with Gasteiger partial charge in [0, 0.05) is 43.5 Å². The summed E-state index contributed by atoms with van der Waals surface area (Å²) in [7, 11) is 1.90. The van der Waals surface area contributed by atoms with Crippen LogP contribution in [0.25, 0.3) is 22.2 Å². The third-order valence-electron chi connectivity index (χ3n) is 5.74. The maximum absolute atomic E-state index is 13.2. The predicted molar refractivity (Wildman–Crippen MR) is 127 cm³/mol. The van der Waals surface area contributed by atoms with Crippen LogP contribution < -0.4 is 16.0 Å². The molecule has 8 nitrogen and oxygen atoms in total. The zero-order chi connectivity index (χ0) is 22.1. The Bertz CT molecular complexity index is 1290. The van der Waals surface area contributed by atoms with Crippen molar-refractivity contribution in [3.63, 3.8) is 0 Å². The van der Waals surface area contributed by atoms with Crippen molar-refractivity contribution >= 4 is 34.0 Å². The highest BCUT2D eigenvalue weighted by atomic mass is 16.1. The Morgan fingerprint density at radius 2 is 1.94 bits per heavy atom. The second-order valence-electron chi connectivity index (χ2n) is 8.11. The molecule has 1 fully saturated rings. The molecule has 1 saturated heterocycles. The van der Waals surface area contributed by atoms with Crippen molar-refractivity contribution < 1.29 is 4.79 Å². The van der Waals surface area contributed by atoms with Crippen molar-refractivity contribution in [1.29, 1.82) is 0 Å². The van der Waals surface area contributed by atoms with E-state index < -0.39 is 0 Å². The van der Waals surface area contributed by atoms with Crippen molar-refractivity contribution in [2.24, 2.45) is 7.05 Å². The van der Waals surface area contributed by atoms with Gasteiger partial charge >= 0.3 is 0 Å². The Labute approximate surface area is 186 Å². The molecule has 5 rings (SSSR count). The third-order valence-corrected chi connectivity index (χ3v) is 5.74. The van der Waals surface area contributed by atoms with Gasteiger partial charge in [0.2, 0.25) is 0 Å². The van der Waals surface area contributed by atoms with E-state index in [-0.39, 0.29) is 5.91 Å². The quantitative estimate of drug-likeness (QED) is 0.513. The maximum atomic E-state index is 13.2. The highest BCUT2D eigenvalue weighted by molar-refractivity contribution is 6.06. The highest BCUT2D eigenvalue weighted by Crippen LogP contribution is 2.33. The molecule has 0 radical (unpaired) electrons. The van der Waals surface area contributed by atoms with Crippen molar-refractivity contribution in [3.8, 4) is 11.3 Å².